The monoisotopic (exact) mass is 763 g/mol. The first kappa shape index (κ1) is 36.4. The molecule has 3 aromatic rings. The number of likely N-dealkylation sites (N-methyl/N-ethyl adjacent to an activating group) is 1. The molecule has 1 fully saturated rings. The molecular formula is C34H39Cl2N5O7S2. The fourth-order valence-electron chi connectivity index (χ4n) is 6.34. The van der Waals surface area contributed by atoms with E-state index in [2.05, 4.69) is 0 Å². The summed E-state index contributed by atoms with van der Waals surface area (Å²) in [6, 6.07) is 15.9. The predicted octanol–water partition coefficient (Wildman–Crippen LogP) is 4.73. The molecule has 3 aliphatic rings. The molecule has 2 amide bonds. The summed E-state index contributed by atoms with van der Waals surface area (Å²) in [6.45, 7) is 4.44. The minimum atomic E-state index is -3.96. The first-order chi connectivity index (χ1) is 23.8. The summed E-state index contributed by atoms with van der Waals surface area (Å²) in [6.07, 6.45) is 1.21. The fraction of sp³-hybridized carbons (Fsp3) is 0.412. The second kappa shape index (κ2) is 14.7. The van der Waals surface area contributed by atoms with Crippen molar-refractivity contribution >= 4 is 54.9 Å². The van der Waals surface area contributed by atoms with Gasteiger partial charge in [0.1, 0.15) is 44.7 Å². The number of hydrogen-bond donors (Lipinski definition) is 0. The van der Waals surface area contributed by atoms with Gasteiger partial charge in [-0.15, -0.1) is 0 Å². The van der Waals surface area contributed by atoms with Crippen molar-refractivity contribution in [1.29, 1.82) is 0 Å². The molecule has 0 bridgehead atoms. The molecule has 6 rings (SSSR count). The van der Waals surface area contributed by atoms with Crippen molar-refractivity contribution in [1.82, 2.24) is 19.0 Å². The number of rotatable bonds is 8. The Morgan fingerprint density at radius 2 is 1.58 bits per heavy atom. The highest BCUT2D eigenvalue weighted by Crippen LogP contribution is 2.47. The van der Waals surface area contributed by atoms with E-state index in [1.807, 2.05) is 36.1 Å². The molecule has 16 heteroatoms. The Labute approximate surface area is 303 Å². The summed E-state index contributed by atoms with van der Waals surface area (Å²) >= 11 is 12.6. The number of carbonyl (C=O) groups is 1. The number of sulfone groups is 1. The fourth-order valence-corrected chi connectivity index (χ4v) is 8.47. The van der Waals surface area contributed by atoms with Crippen LogP contribution in [0.5, 0.6) is 11.5 Å². The minimum Gasteiger partial charge on any atom is -0.493 e. The van der Waals surface area contributed by atoms with Crippen molar-refractivity contribution in [2.24, 2.45) is 4.99 Å². The number of fused-ring (bicyclic) bond motifs is 1. The predicted molar refractivity (Wildman–Crippen MR) is 193 cm³/mol. The number of ether oxygens (including phenoxy) is 2. The van der Waals surface area contributed by atoms with Gasteiger partial charge in [-0.05, 0) is 48.4 Å². The number of urea groups is 1. The zero-order chi connectivity index (χ0) is 35.8. The van der Waals surface area contributed by atoms with Gasteiger partial charge in [0.15, 0.2) is 0 Å². The van der Waals surface area contributed by atoms with Crippen molar-refractivity contribution in [3.8, 4) is 11.5 Å². The average Bonchev–Trinajstić information content (AvgIpc) is 3.43. The van der Waals surface area contributed by atoms with E-state index in [0.717, 1.165) is 11.1 Å². The van der Waals surface area contributed by atoms with Gasteiger partial charge >= 0.3 is 6.03 Å². The first-order valence-electron chi connectivity index (χ1n) is 16.2. The topological polar surface area (TPSA) is 129 Å². The van der Waals surface area contributed by atoms with Gasteiger partial charge in [0, 0.05) is 68.7 Å². The van der Waals surface area contributed by atoms with Crippen molar-refractivity contribution in [3.05, 3.63) is 87.4 Å². The number of piperazine rings is 1. The Kier molecular flexibility index (Phi) is 10.7. The Hall–Kier alpha value is -3.40. The lowest BCUT2D eigenvalue weighted by molar-refractivity contribution is 0.122. The number of halogens is 2. The Balaban J connectivity index is 1.50. The molecule has 3 heterocycles. The van der Waals surface area contributed by atoms with Crippen LogP contribution in [0.25, 0.3) is 0 Å². The molecule has 0 radical (unpaired) electrons. The number of aliphatic imine (C=N–C) groups is 1. The maximum Gasteiger partial charge on any atom is 0.326 e. The van der Waals surface area contributed by atoms with Crippen LogP contribution in [0.1, 0.15) is 35.7 Å². The number of amides is 2. The number of nitrogens with zero attached hydrogens (tertiary/aromatic N) is 5. The molecule has 12 nitrogen and oxygen atoms in total. The van der Waals surface area contributed by atoms with Gasteiger partial charge < -0.3 is 14.4 Å². The number of carbonyl (C=O) groups excluding carboxylic acids is 1. The molecule has 50 heavy (non-hydrogen) atoms. The molecular weight excluding hydrogens is 725 g/mol. The van der Waals surface area contributed by atoms with Crippen LogP contribution in [0.4, 0.5) is 4.79 Å². The molecule has 2 unspecified atom stereocenters. The van der Waals surface area contributed by atoms with Gasteiger partial charge in [0.25, 0.3) is 0 Å². The number of sulfonamides is 1. The zero-order valence-electron chi connectivity index (χ0n) is 28.0. The van der Waals surface area contributed by atoms with E-state index in [1.165, 1.54) is 23.7 Å². The van der Waals surface area contributed by atoms with Crippen LogP contribution in [-0.4, -0.2) is 119 Å². The lowest BCUT2D eigenvalue weighted by atomic mass is 9.93. The maximum absolute atomic E-state index is 14.9. The minimum absolute atomic E-state index is 0.0334. The van der Waals surface area contributed by atoms with Crippen LogP contribution >= 0.6 is 23.2 Å². The lowest BCUT2D eigenvalue weighted by Gasteiger charge is -2.39. The normalized spacial score (nSPS) is 21.3. The number of hydrogen-bond acceptors (Lipinski definition) is 9. The van der Waals surface area contributed by atoms with Gasteiger partial charge in [-0.25, -0.2) is 21.6 Å². The SMILES string of the molecule is CCOc1cc2c(cc1C1=NC(c3ccc(Cl)cc3)C(c3ccc(Cl)cc3)N1C(=O)N1CCN(CCS(C)(=O)=O)CC1)S(=O)(=O)N(C)CCO2. The highest BCUT2D eigenvalue weighted by molar-refractivity contribution is 7.90. The lowest BCUT2D eigenvalue weighted by Crippen LogP contribution is -2.54. The van der Waals surface area contributed by atoms with E-state index >= 15 is 0 Å². The Morgan fingerprint density at radius 1 is 0.960 bits per heavy atom. The van der Waals surface area contributed by atoms with E-state index in [9.17, 15) is 21.6 Å². The van der Waals surface area contributed by atoms with E-state index in [-0.39, 0.29) is 48.0 Å². The quantitative estimate of drug-likeness (QED) is 0.322. The Morgan fingerprint density at radius 3 is 2.18 bits per heavy atom. The van der Waals surface area contributed by atoms with Crippen LogP contribution in [0, 0.1) is 0 Å². The van der Waals surface area contributed by atoms with Crippen LogP contribution in [0.15, 0.2) is 70.6 Å². The summed E-state index contributed by atoms with van der Waals surface area (Å²) in [5.74, 6) is 0.750. The van der Waals surface area contributed by atoms with E-state index < -0.39 is 31.9 Å². The van der Waals surface area contributed by atoms with Gasteiger partial charge in [-0.3, -0.25) is 14.8 Å². The Bertz CT molecular complexity index is 1990. The van der Waals surface area contributed by atoms with Crippen molar-refractivity contribution in [3.63, 3.8) is 0 Å². The van der Waals surface area contributed by atoms with E-state index in [1.54, 1.807) is 40.1 Å². The molecule has 2 atom stereocenters. The summed E-state index contributed by atoms with van der Waals surface area (Å²) in [5, 5.41) is 1.07. The second-order valence-electron chi connectivity index (χ2n) is 12.5. The second-order valence-corrected chi connectivity index (χ2v) is 17.6. The zero-order valence-corrected chi connectivity index (χ0v) is 31.1. The van der Waals surface area contributed by atoms with Crippen LogP contribution < -0.4 is 9.47 Å². The molecule has 0 spiro atoms. The van der Waals surface area contributed by atoms with E-state index in [4.69, 9.17) is 37.7 Å². The van der Waals surface area contributed by atoms with Crippen molar-refractivity contribution in [2.75, 3.05) is 71.5 Å². The van der Waals surface area contributed by atoms with Crippen molar-refractivity contribution < 1.29 is 31.1 Å². The van der Waals surface area contributed by atoms with E-state index in [0.29, 0.717) is 54.1 Å². The first-order valence-corrected chi connectivity index (χ1v) is 20.5. The highest BCUT2D eigenvalue weighted by Gasteiger charge is 2.45. The van der Waals surface area contributed by atoms with Gasteiger partial charge in [0.05, 0.1) is 24.0 Å². The van der Waals surface area contributed by atoms with Gasteiger partial charge in [-0.2, -0.15) is 4.31 Å². The molecule has 3 aliphatic heterocycles. The van der Waals surface area contributed by atoms with Crippen LogP contribution in [0.2, 0.25) is 10.0 Å². The van der Waals surface area contributed by atoms with Crippen LogP contribution in [0.3, 0.4) is 0 Å². The number of amidine groups is 1. The molecule has 1 saturated heterocycles. The molecule has 0 saturated carbocycles. The van der Waals surface area contributed by atoms with Crippen LogP contribution in [-0.2, 0) is 19.9 Å². The number of benzene rings is 3. The van der Waals surface area contributed by atoms with Gasteiger partial charge in [-0.1, -0.05) is 47.5 Å². The molecule has 0 aromatic heterocycles. The highest BCUT2D eigenvalue weighted by atomic mass is 35.5. The molecule has 268 valence electrons. The average molecular weight is 765 g/mol. The third-order valence-corrected chi connectivity index (χ3v) is 12.4. The smallest absolute Gasteiger partial charge is 0.326 e. The standard InChI is InChI=1S/C34H39Cl2N5O7S2/c1-4-47-28-22-29-30(50(45,46)38(2)17-19-48-29)21-27(28)33-37-31(23-5-9-25(35)10-6-23)32(24-7-11-26(36)12-8-24)41(33)34(42)40-15-13-39(14-16-40)18-20-49(3,43)44/h5-12,21-22,31-32H,4,13-20H2,1-3H3. The summed E-state index contributed by atoms with van der Waals surface area (Å²) < 4.78 is 64.3. The largest absolute Gasteiger partial charge is 0.493 e. The molecule has 0 N–H and O–H groups in total. The summed E-state index contributed by atoms with van der Waals surface area (Å²) in [7, 11) is -5.60. The molecule has 0 aliphatic carbocycles. The maximum atomic E-state index is 14.9. The summed E-state index contributed by atoms with van der Waals surface area (Å²) in [4.78, 5) is 25.4. The van der Waals surface area contributed by atoms with Gasteiger partial charge in [0.2, 0.25) is 10.0 Å². The summed E-state index contributed by atoms with van der Waals surface area (Å²) in [5.41, 5.74) is 1.87. The third-order valence-electron chi connectivity index (χ3n) is 9.06. The third kappa shape index (κ3) is 7.60. The van der Waals surface area contributed by atoms with Crippen molar-refractivity contribution in [2.45, 2.75) is 23.9 Å². The molecule has 3 aromatic carbocycles.